The standard InChI is InChI=1S/C7H14.C6H9N.C5H9NO.CH5N.2CH2O/c1-7-5-3-2-4-6-7;1-2-4-6-7-5-3-1;7-4-5-2-1-3-6-5;3*1-2/h7H,2-6H2,1H3;7H,1,3,5-6H2;4-6H,1-3H2;2H2,1H3;2*1H2. The van der Waals surface area contributed by atoms with E-state index >= 15 is 0 Å². The molecule has 0 radical (unpaired) electrons. The number of rotatable bonds is 1. The first-order valence-corrected chi connectivity index (χ1v) is 9.83. The van der Waals surface area contributed by atoms with Gasteiger partial charge < -0.3 is 30.8 Å². The molecule has 0 aromatic heterocycles. The second-order valence-electron chi connectivity index (χ2n) is 6.22. The van der Waals surface area contributed by atoms with Gasteiger partial charge in [-0.3, -0.25) is 0 Å². The fourth-order valence-corrected chi connectivity index (χ4v) is 2.74. The van der Waals surface area contributed by atoms with Crippen LogP contribution in [0.2, 0.25) is 0 Å². The molecule has 0 spiro atoms. The summed E-state index contributed by atoms with van der Waals surface area (Å²) in [5.41, 5.74) is 4.50. The zero-order chi connectivity index (χ0) is 21.2. The van der Waals surface area contributed by atoms with E-state index in [-0.39, 0.29) is 6.04 Å². The Kier molecular flexibility index (Phi) is 32.7. The maximum atomic E-state index is 9.94. The van der Waals surface area contributed by atoms with Gasteiger partial charge in [0.1, 0.15) is 19.9 Å². The Hall–Kier alpha value is -1.55. The number of carbonyl (C=O) groups excluding carboxylic acids is 3. The van der Waals surface area contributed by atoms with E-state index in [4.69, 9.17) is 9.59 Å². The zero-order valence-electron chi connectivity index (χ0n) is 17.4. The summed E-state index contributed by atoms with van der Waals surface area (Å²) in [5.74, 6) is 7.06. The summed E-state index contributed by atoms with van der Waals surface area (Å²) in [7, 11) is 1.50. The van der Waals surface area contributed by atoms with Crippen LogP contribution in [0.5, 0.6) is 0 Å². The molecule has 0 bridgehead atoms. The van der Waals surface area contributed by atoms with Crippen molar-refractivity contribution in [1.29, 1.82) is 0 Å². The molecule has 0 aromatic carbocycles. The molecule has 6 heteroatoms. The molecule has 0 aromatic rings. The van der Waals surface area contributed by atoms with Crippen molar-refractivity contribution in [3.05, 3.63) is 0 Å². The van der Waals surface area contributed by atoms with Crippen molar-refractivity contribution in [2.45, 2.75) is 70.8 Å². The summed E-state index contributed by atoms with van der Waals surface area (Å²) in [5, 5.41) is 6.21. The van der Waals surface area contributed by atoms with E-state index in [1.54, 1.807) is 0 Å². The average Bonchev–Trinajstić information content (AvgIpc) is 3.12. The minimum Gasteiger partial charge on any atom is -0.333 e. The van der Waals surface area contributed by atoms with Crippen LogP contribution in [-0.2, 0) is 14.4 Å². The molecule has 1 saturated carbocycles. The normalized spacial score (nSPS) is 20.0. The number of nitrogens with one attached hydrogen (secondary N) is 2. The highest BCUT2D eigenvalue weighted by Crippen LogP contribution is 2.22. The van der Waals surface area contributed by atoms with Crippen LogP contribution in [0.15, 0.2) is 0 Å². The van der Waals surface area contributed by atoms with Crippen LogP contribution in [-0.4, -0.2) is 52.6 Å². The maximum absolute atomic E-state index is 9.94. The minimum atomic E-state index is 0.167. The molecule has 3 aliphatic rings. The molecule has 158 valence electrons. The zero-order valence-corrected chi connectivity index (χ0v) is 17.4. The molecule has 1 atom stereocenters. The van der Waals surface area contributed by atoms with Gasteiger partial charge in [0.2, 0.25) is 0 Å². The predicted octanol–water partition coefficient (Wildman–Crippen LogP) is 2.10. The Balaban J connectivity index is -0.000000281. The van der Waals surface area contributed by atoms with Crippen molar-refractivity contribution >= 4 is 19.9 Å². The second kappa shape index (κ2) is 29.2. The number of hydrogen-bond donors (Lipinski definition) is 3. The summed E-state index contributed by atoms with van der Waals surface area (Å²) >= 11 is 0. The smallest absolute Gasteiger partial charge is 0.136 e. The molecule has 2 aliphatic heterocycles. The molecule has 6 nitrogen and oxygen atoms in total. The third-order valence-corrected chi connectivity index (χ3v) is 4.15. The van der Waals surface area contributed by atoms with Gasteiger partial charge in [-0.2, -0.15) is 0 Å². The van der Waals surface area contributed by atoms with Gasteiger partial charge in [0.15, 0.2) is 0 Å². The van der Waals surface area contributed by atoms with Crippen LogP contribution in [0, 0.1) is 17.8 Å². The largest absolute Gasteiger partial charge is 0.333 e. The number of nitrogens with two attached hydrogens (primary N) is 1. The van der Waals surface area contributed by atoms with Crippen molar-refractivity contribution in [3.8, 4) is 11.8 Å². The van der Waals surface area contributed by atoms with E-state index in [1.807, 2.05) is 13.6 Å². The van der Waals surface area contributed by atoms with Gasteiger partial charge in [0.05, 0.1) is 12.6 Å². The van der Waals surface area contributed by atoms with Crippen LogP contribution in [0.25, 0.3) is 0 Å². The van der Waals surface area contributed by atoms with Gasteiger partial charge in [0.25, 0.3) is 0 Å². The third kappa shape index (κ3) is 24.4. The molecule has 1 aliphatic carbocycles. The fraction of sp³-hybridized carbons (Fsp3) is 0.762. The van der Waals surface area contributed by atoms with E-state index in [0.29, 0.717) is 0 Å². The predicted molar refractivity (Wildman–Crippen MR) is 114 cm³/mol. The van der Waals surface area contributed by atoms with Crippen LogP contribution in [0.4, 0.5) is 0 Å². The lowest BCUT2D eigenvalue weighted by atomic mass is 9.91. The van der Waals surface area contributed by atoms with Gasteiger partial charge in [-0.05, 0) is 45.3 Å². The second-order valence-corrected chi connectivity index (χ2v) is 6.22. The van der Waals surface area contributed by atoms with E-state index in [1.165, 1.54) is 45.6 Å². The monoisotopic (exact) mass is 383 g/mol. The quantitative estimate of drug-likeness (QED) is 0.473. The van der Waals surface area contributed by atoms with Gasteiger partial charge in [-0.1, -0.05) is 44.9 Å². The first kappa shape index (κ1) is 30.2. The van der Waals surface area contributed by atoms with E-state index in [0.717, 1.165) is 51.1 Å². The van der Waals surface area contributed by atoms with Crippen LogP contribution < -0.4 is 16.4 Å². The van der Waals surface area contributed by atoms with Crippen molar-refractivity contribution in [2.24, 2.45) is 11.7 Å². The lowest BCUT2D eigenvalue weighted by Crippen LogP contribution is -2.21. The molecule has 0 amide bonds. The van der Waals surface area contributed by atoms with E-state index in [9.17, 15) is 4.79 Å². The van der Waals surface area contributed by atoms with Gasteiger partial charge >= 0.3 is 0 Å². The number of aldehydes is 1. The van der Waals surface area contributed by atoms with Crippen molar-refractivity contribution in [3.63, 3.8) is 0 Å². The minimum absolute atomic E-state index is 0.167. The number of hydrogen-bond acceptors (Lipinski definition) is 6. The van der Waals surface area contributed by atoms with Gasteiger partial charge in [-0.25, -0.2) is 0 Å². The molecule has 2 fully saturated rings. The topological polar surface area (TPSA) is 101 Å². The molecule has 27 heavy (non-hydrogen) atoms. The van der Waals surface area contributed by atoms with Crippen LogP contribution in [0.1, 0.15) is 64.7 Å². The molecule has 2 heterocycles. The van der Waals surface area contributed by atoms with Gasteiger partial charge in [0, 0.05) is 6.42 Å². The van der Waals surface area contributed by atoms with Gasteiger partial charge in [-0.15, -0.1) is 5.92 Å². The maximum Gasteiger partial charge on any atom is 0.136 e. The Labute approximate surface area is 166 Å². The fourth-order valence-electron chi connectivity index (χ4n) is 2.74. The first-order valence-electron chi connectivity index (χ1n) is 9.83. The molecule has 1 saturated heterocycles. The molecule has 1 unspecified atom stereocenters. The van der Waals surface area contributed by atoms with Crippen molar-refractivity contribution in [1.82, 2.24) is 10.6 Å². The summed E-state index contributed by atoms with van der Waals surface area (Å²) in [6, 6.07) is 0.167. The molecular weight excluding hydrogens is 342 g/mol. The highest BCUT2D eigenvalue weighted by atomic mass is 16.1. The highest BCUT2D eigenvalue weighted by molar-refractivity contribution is 5.57. The molecule has 3 rings (SSSR count). The Bertz CT molecular complexity index is 332. The summed E-state index contributed by atoms with van der Waals surface area (Å²) in [6.07, 6.45) is 12.9. The summed E-state index contributed by atoms with van der Waals surface area (Å²) < 4.78 is 0. The van der Waals surface area contributed by atoms with E-state index in [2.05, 4.69) is 35.1 Å². The SMILES string of the molecule is C1#CCNCCC1.C=O.C=O.CC1CCCCC1.CN.O=CC1CCCN1. The Morgan fingerprint density at radius 3 is 1.93 bits per heavy atom. The average molecular weight is 384 g/mol. The lowest BCUT2D eigenvalue weighted by Gasteiger charge is -2.15. The number of carbonyl (C=O) groups is 3. The summed E-state index contributed by atoms with van der Waals surface area (Å²) in [4.78, 5) is 25.9. The van der Waals surface area contributed by atoms with Crippen LogP contribution in [0.3, 0.4) is 0 Å². The first-order chi connectivity index (χ1) is 13.3. The summed E-state index contributed by atoms with van der Waals surface area (Å²) in [6.45, 7) is 9.39. The van der Waals surface area contributed by atoms with Crippen LogP contribution >= 0.6 is 0 Å². The third-order valence-electron chi connectivity index (χ3n) is 4.15. The highest BCUT2D eigenvalue weighted by Gasteiger charge is 2.10. The molecule has 4 N–H and O–H groups in total. The van der Waals surface area contributed by atoms with E-state index < -0.39 is 0 Å². The van der Waals surface area contributed by atoms with Crippen molar-refractivity contribution < 1.29 is 14.4 Å². The molecular formula is C21H41N3O3. The Morgan fingerprint density at radius 2 is 1.52 bits per heavy atom. The van der Waals surface area contributed by atoms with Crippen molar-refractivity contribution in [2.75, 3.05) is 26.7 Å². The lowest BCUT2D eigenvalue weighted by molar-refractivity contribution is -0.109. The Morgan fingerprint density at radius 1 is 0.889 bits per heavy atom.